The average molecular weight is 238 g/mol. The van der Waals surface area contributed by atoms with E-state index in [0.717, 1.165) is 24.4 Å². The molecule has 0 aliphatic carbocycles. The minimum atomic E-state index is 0.649. The van der Waals surface area contributed by atoms with Crippen LogP contribution in [0.15, 0.2) is 36.6 Å². The number of nitrogens with one attached hydrogen (secondary N) is 2. The smallest absolute Gasteiger partial charge is 0.0950 e. The molecule has 0 radical (unpaired) electrons. The van der Waals surface area contributed by atoms with Crippen molar-refractivity contribution in [1.82, 2.24) is 10.6 Å². The highest BCUT2D eigenvalue weighted by molar-refractivity contribution is 7.80. The molecule has 0 aromatic heterocycles. The van der Waals surface area contributed by atoms with Crippen LogP contribution in [0.3, 0.4) is 0 Å². The van der Waals surface area contributed by atoms with Gasteiger partial charge in [0.2, 0.25) is 0 Å². The van der Waals surface area contributed by atoms with Gasteiger partial charge >= 0.3 is 0 Å². The van der Waals surface area contributed by atoms with Crippen LogP contribution in [0.5, 0.6) is 0 Å². The van der Waals surface area contributed by atoms with Crippen molar-refractivity contribution < 1.29 is 0 Å². The van der Waals surface area contributed by atoms with E-state index in [1.807, 2.05) is 0 Å². The van der Waals surface area contributed by atoms with Crippen LogP contribution < -0.4 is 10.6 Å². The second kappa shape index (κ2) is 10.4. The molecule has 0 aliphatic rings. The van der Waals surface area contributed by atoms with Crippen LogP contribution in [-0.2, 0) is 0 Å². The van der Waals surface area contributed by atoms with E-state index in [-0.39, 0.29) is 0 Å². The van der Waals surface area contributed by atoms with Crippen LogP contribution in [0.1, 0.15) is 26.7 Å². The molecule has 0 heterocycles. The molecular weight excluding hydrogens is 216 g/mol. The fraction of sp³-hybridized carbons (Fsp3) is 0.462. The third-order valence-corrected chi connectivity index (χ3v) is 2.22. The number of hydrogen-bond donors (Lipinski definition) is 2. The molecule has 0 amide bonds. The van der Waals surface area contributed by atoms with Crippen molar-refractivity contribution >= 4 is 17.2 Å². The van der Waals surface area contributed by atoms with E-state index >= 15 is 0 Å². The second-order valence-electron chi connectivity index (χ2n) is 3.36. The van der Waals surface area contributed by atoms with Gasteiger partial charge in [-0.15, -0.1) is 0 Å². The zero-order valence-electron chi connectivity index (χ0n) is 10.3. The van der Waals surface area contributed by atoms with Gasteiger partial charge in [0.25, 0.3) is 0 Å². The van der Waals surface area contributed by atoms with Gasteiger partial charge in [0.1, 0.15) is 0 Å². The zero-order valence-corrected chi connectivity index (χ0v) is 11.1. The Labute approximate surface area is 105 Å². The number of allylic oxidation sites excluding steroid dienone is 2. The third kappa shape index (κ3) is 8.24. The summed E-state index contributed by atoms with van der Waals surface area (Å²) in [6, 6.07) is 0. The van der Waals surface area contributed by atoms with Crippen molar-refractivity contribution in [3.63, 3.8) is 0 Å². The van der Waals surface area contributed by atoms with Gasteiger partial charge in [0, 0.05) is 6.54 Å². The average Bonchev–Trinajstić information content (AvgIpc) is 2.30. The van der Waals surface area contributed by atoms with Crippen molar-refractivity contribution in [2.45, 2.75) is 26.7 Å². The molecule has 0 atom stereocenters. The first kappa shape index (κ1) is 14.9. The maximum absolute atomic E-state index is 5.16. The van der Waals surface area contributed by atoms with Crippen molar-refractivity contribution in [1.29, 1.82) is 0 Å². The molecule has 0 bridgehead atoms. The highest BCUT2D eigenvalue weighted by atomic mass is 32.1. The predicted molar refractivity (Wildman–Crippen MR) is 76.6 cm³/mol. The summed E-state index contributed by atoms with van der Waals surface area (Å²) in [6.07, 6.45) is 10.3. The zero-order chi connectivity index (χ0) is 12.2. The van der Waals surface area contributed by atoms with E-state index in [4.69, 9.17) is 12.2 Å². The molecule has 90 valence electrons. The molecule has 0 spiro atoms. The van der Waals surface area contributed by atoms with Crippen molar-refractivity contribution in [3.8, 4) is 0 Å². The van der Waals surface area contributed by atoms with Crippen molar-refractivity contribution in [2.24, 2.45) is 0 Å². The third-order valence-electron chi connectivity index (χ3n) is 1.93. The summed E-state index contributed by atoms with van der Waals surface area (Å²) in [7, 11) is 0. The SMILES string of the molecule is C=CNCC(=S)NCC(/C=C\CC)=C/CC. The molecule has 2 nitrogen and oxygen atoms in total. The molecule has 16 heavy (non-hydrogen) atoms. The molecular formula is C13H22N2S. The van der Waals surface area contributed by atoms with E-state index in [1.165, 1.54) is 5.57 Å². The van der Waals surface area contributed by atoms with Crippen molar-refractivity contribution in [3.05, 3.63) is 36.6 Å². The number of rotatable bonds is 8. The Morgan fingerprint density at radius 2 is 2.00 bits per heavy atom. The lowest BCUT2D eigenvalue weighted by molar-refractivity contribution is 0.940. The van der Waals surface area contributed by atoms with Gasteiger partial charge in [-0.25, -0.2) is 0 Å². The van der Waals surface area contributed by atoms with Gasteiger partial charge in [-0.1, -0.05) is 50.9 Å². The van der Waals surface area contributed by atoms with Crippen LogP contribution >= 0.6 is 12.2 Å². The summed E-state index contributed by atoms with van der Waals surface area (Å²) in [5.41, 5.74) is 1.28. The second-order valence-corrected chi connectivity index (χ2v) is 3.85. The van der Waals surface area contributed by atoms with Gasteiger partial charge in [0.15, 0.2) is 0 Å². The fourth-order valence-electron chi connectivity index (χ4n) is 1.16. The van der Waals surface area contributed by atoms with Crippen LogP contribution in [0.4, 0.5) is 0 Å². The Balaban J connectivity index is 4.01. The first-order valence-corrected chi connectivity index (χ1v) is 6.11. The number of thiocarbonyl (C=S) groups is 1. The standard InChI is InChI=1S/C13H22N2S/c1-4-7-9-12(8-5-2)10-15-13(16)11-14-6-3/h6-9,14H,3-5,10-11H2,1-2H3,(H,15,16)/b9-7-,12-8+. The summed E-state index contributed by atoms with van der Waals surface area (Å²) in [5, 5.41) is 6.18. The van der Waals surface area contributed by atoms with Gasteiger partial charge in [0.05, 0.1) is 11.5 Å². The quantitative estimate of drug-likeness (QED) is 0.502. The largest absolute Gasteiger partial charge is 0.385 e. The Kier molecular flexibility index (Phi) is 9.72. The van der Waals surface area contributed by atoms with E-state index in [2.05, 4.69) is 49.3 Å². The maximum Gasteiger partial charge on any atom is 0.0950 e. The highest BCUT2D eigenvalue weighted by Gasteiger charge is 1.95. The first-order valence-electron chi connectivity index (χ1n) is 5.71. The summed E-state index contributed by atoms with van der Waals surface area (Å²) in [6.45, 7) is 9.29. The Morgan fingerprint density at radius 1 is 1.25 bits per heavy atom. The first-order chi connectivity index (χ1) is 7.74. The minimum Gasteiger partial charge on any atom is -0.385 e. The molecule has 2 N–H and O–H groups in total. The highest BCUT2D eigenvalue weighted by Crippen LogP contribution is 1.99. The summed E-state index contributed by atoms with van der Waals surface area (Å²) >= 11 is 5.16. The molecule has 0 saturated heterocycles. The summed E-state index contributed by atoms with van der Waals surface area (Å²) in [5.74, 6) is 0. The van der Waals surface area contributed by atoms with E-state index in [1.54, 1.807) is 6.20 Å². The van der Waals surface area contributed by atoms with Crippen LogP contribution in [0.25, 0.3) is 0 Å². The topological polar surface area (TPSA) is 24.1 Å². The monoisotopic (exact) mass is 238 g/mol. The molecule has 0 aromatic carbocycles. The lowest BCUT2D eigenvalue weighted by Gasteiger charge is -2.08. The normalized spacial score (nSPS) is 11.5. The van der Waals surface area contributed by atoms with Gasteiger partial charge in [-0.3, -0.25) is 0 Å². The Morgan fingerprint density at radius 3 is 2.56 bits per heavy atom. The Hall–Kier alpha value is -1.09. The van der Waals surface area contributed by atoms with Gasteiger partial charge in [-0.2, -0.15) is 0 Å². The van der Waals surface area contributed by atoms with E-state index in [0.29, 0.717) is 6.54 Å². The summed E-state index contributed by atoms with van der Waals surface area (Å²) < 4.78 is 0. The molecule has 3 heteroatoms. The molecule has 0 saturated carbocycles. The van der Waals surface area contributed by atoms with E-state index in [9.17, 15) is 0 Å². The fourth-order valence-corrected chi connectivity index (χ4v) is 1.31. The van der Waals surface area contributed by atoms with E-state index < -0.39 is 0 Å². The number of hydrogen-bond acceptors (Lipinski definition) is 2. The van der Waals surface area contributed by atoms with Crippen LogP contribution in [-0.4, -0.2) is 18.1 Å². The Bertz CT molecular complexity index is 267. The molecule has 0 aromatic rings. The van der Waals surface area contributed by atoms with Crippen molar-refractivity contribution in [2.75, 3.05) is 13.1 Å². The van der Waals surface area contributed by atoms with Crippen LogP contribution in [0, 0.1) is 0 Å². The predicted octanol–water partition coefficient (Wildman–Crippen LogP) is 2.94. The lowest BCUT2D eigenvalue weighted by atomic mass is 10.2. The lowest BCUT2D eigenvalue weighted by Crippen LogP contribution is -2.31. The summed E-state index contributed by atoms with van der Waals surface area (Å²) in [4.78, 5) is 0.812. The maximum atomic E-state index is 5.16. The van der Waals surface area contributed by atoms with Gasteiger partial charge < -0.3 is 10.6 Å². The van der Waals surface area contributed by atoms with Gasteiger partial charge in [-0.05, 0) is 24.6 Å². The molecule has 0 aliphatic heterocycles. The molecule has 0 rings (SSSR count). The minimum absolute atomic E-state index is 0.649. The van der Waals surface area contributed by atoms with Crippen LogP contribution in [0.2, 0.25) is 0 Å². The molecule has 0 unspecified atom stereocenters. The molecule has 0 fully saturated rings.